The molecule has 0 bridgehead atoms. The quantitative estimate of drug-likeness (QED) is 0.562. The Kier molecular flexibility index (Phi) is 1.27. The molecule has 1 unspecified atom stereocenters. The van der Waals surface area contributed by atoms with E-state index in [4.69, 9.17) is 0 Å². The van der Waals surface area contributed by atoms with Crippen molar-refractivity contribution in [2.24, 2.45) is 0 Å². The van der Waals surface area contributed by atoms with E-state index >= 15 is 0 Å². The molecule has 0 aromatic carbocycles. The average Bonchev–Trinajstić information content (AvgIpc) is 2.33. The number of hydrogen-bond acceptors (Lipinski definition) is 1. The Hall–Kier alpha value is -0.760. The van der Waals surface area contributed by atoms with Gasteiger partial charge in [-0.2, -0.15) is 0 Å². The zero-order valence-corrected chi connectivity index (χ0v) is 6.17. The number of nitrogens with one attached hydrogen (secondary N) is 1. The minimum atomic E-state index is 0.625. The highest BCUT2D eigenvalue weighted by Gasteiger charge is 2.11. The highest BCUT2D eigenvalue weighted by Crippen LogP contribution is 2.08. The molecule has 2 rings (SSSR count). The molecule has 0 fully saturated rings. The van der Waals surface area contributed by atoms with E-state index in [9.17, 15) is 0 Å². The van der Waals surface area contributed by atoms with Crippen molar-refractivity contribution in [2.75, 3.05) is 0 Å². The van der Waals surface area contributed by atoms with Crippen LogP contribution in [0.4, 0.5) is 0 Å². The lowest BCUT2D eigenvalue weighted by Crippen LogP contribution is -2.35. The zero-order valence-electron chi connectivity index (χ0n) is 6.17. The van der Waals surface area contributed by atoms with Crippen molar-refractivity contribution in [1.29, 1.82) is 0 Å². The van der Waals surface area contributed by atoms with Crippen LogP contribution in [0.15, 0.2) is 18.3 Å². The Morgan fingerprint density at radius 2 is 2.60 bits per heavy atom. The Labute approximate surface area is 60.9 Å². The minimum absolute atomic E-state index is 0.625. The van der Waals surface area contributed by atoms with E-state index in [1.54, 1.807) is 0 Å². The van der Waals surface area contributed by atoms with Crippen LogP contribution in [-0.2, 0) is 13.1 Å². The van der Waals surface area contributed by atoms with Crippen molar-refractivity contribution >= 4 is 0 Å². The van der Waals surface area contributed by atoms with Gasteiger partial charge in [-0.1, -0.05) is 0 Å². The maximum Gasteiger partial charge on any atom is 0.0374 e. The van der Waals surface area contributed by atoms with Gasteiger partial charge in [0.1, 0.15) is 0 Å². The summed E-state index contributed by atoms with van der Waals surface area (Å²) in [5.74, 6) is 0. The summed E-state index contributed by atoms with van der Waals surface area (Å²) in [6.07, 6.45) is 2.15. The molecule has 1 aromatic rings. The molecule has 1 aliphatic heterocycles. The first-order valence-electron chi connectivity index (χ1n) is 3.73. The molecule has 0 spiro atoms. The first kappa shape index (κ1) is 5.98. The van der Waals surface area contributed by atoms with Crippen molar-refractivity contribution in [2.45, 2.75) is 26.1 Å². The molecule has 2 heteroatoms. The van der Waals surface area contributed by atoms with E-state index in [0.717, 1.165) is 13.1 Å². The molecule has 54 valence electrons. The first-order chi connectivity index (χ1) is 4.86. The summed E-state index contributed by atoms with van der Waals surface area (Å²) < 4.78 is 2.31. The molecule has 0 amide bonds. The molecule has 1 aliphatic rings. The summed E-state index contributed by atoms with van der Waals surface area (Å²) in [5.41, 5.74) is 1.40. The minimum Gasteiger partial charge on any atom is -0.349 e. The lowest BCUT2D eigenvalue weighted by molar-refractivity contribution is 0.417. The average molecular weight is 136 g/mol. The number of nitrogens with zero attached hydrogens (tertiary/aromatic N) is 1. The molecule has 2 heterocycles. The zero-order chi connectivity index (χ0) is 6.97. The van der Waals surface area contributed by atoms with Crippen molar-refractivity contribution < 1.29 is 0 Å². The van der Waals surface area contributed by atoms with E-state index in [-0.39, 0.29) is 0 Å². The molecular weight excluding hydrogens is 124 g/mol. The molecular formula is C8H12N2. The maximum atomic E-state index is 3.40. The third kappa shape index (κ3) is 0.847. The molecule has 1 aromatic heterocycles. The van der Waals surface area contributed by atoms with Crippen LogP contribution in [0.25, 0.3) is 0 Å². The number of rotatable bonds is 0. The number of aromatic nitrogens is 1. The van der Waals surface area contributed by atoms with Crippen molar-refractivity contribution in [1.82, 2.24) is 9.88 Å². The largest absolute Gasteiger partial charge is 0.349 e. The van der Waals surface area contributed by atoms with Crippen LogP contribution in [0.5, 0.6) is 0 Å². The van der Waals surface area contributed by atoms with Crippen LogP contribution in [0.1, 0.15) is 12.6 Å². The third-order valence-electron chi connectivity index (χ3n) is 2.03. The SMILES string of the molecule is CC1Cn2cccc2CN1. The molecule has 2 nitrogen and oxygen atoms in total. The van der Waals surface area contributed by atoms with Crippen molar-refractivity contribution in [3.8, 4) is 0 Å². The summed E-state index contributed by atoms with van der Waals surface area (Å²) in [5, 5.41) is 3.40. The monoisotopic (exact) mass is 136 g/mol. The van der Waals surface area contributed by atoms with E-state index in [2.05, 4.69) is 35.1 Å². The molecule has 0 saturated carbocycles. The van der Waals surface area contributed by atoms with Crippen molar-refractivity contribution in [3.05, 3.63) is 24.0 Å². The van der Waals surface area contributed by atoms with Gasteiger partial charge in [0, 0.05) is 31.0 Å². The van der Waals surface area contributed by atoms with E-state index < -0.39 is 0 Å². The van der Waals surface area contributed by atoms with Gasteiger partial charge in [0.15, 0.2) is 0 Å². The summed E-state index contributed by atoms with van der Waals surface area (Å²) in [6.45, 7) is 4.35. The Morgan fingerprint density at radius 3 is 3.50 bits per heavy atom. The van der Waals surface area contributed by atoms with Crippen LogP contribution < -0.4 is 5.32 Å². The lowest BCUT2D eigenvalue weighted by atomic mass is 10.2. The van der Waals surface area contributed by atoms with Crippen LogP contribution >= 0.6 is 0 Å². The second kappa shape index (κ2) is 2.13. The van der Waals surface area contributed by atoms with Crippen molar-refractivity contribution in [3.63, 3.8) is 0 Å². The first-order valence-corrected chi connectivity index (χ1v) is 3.73. The normalized spacial score (nSPS) is 24.3. The Morgan fingerprint density at radius 1 is 1.70 bits per heavy atom. The van der Waals surface area contributed by atoms with Gasteiger partial charge in [0.25, 0.3) is 0 Å². The predicted molar refractivity (Wildman–Crippen MR) is 40.7 cm³/mol. The number of fused-ring (bicyclic) bond motifs is 1. The second-order valence-corrected chi connectivity index (χ2v) is 2.93. The van der Waals surface area contributed by atoms with Crippen LogP contribution in [0.3, 0.4) is 0 Å². The summed E-state index contributed by atoms with van der Waals surface area (Å²) >= 11 is 0. The highest BCUT2D eigenvalue weighted by atomic mass is 15.1. The fraction of sp³-hybridized carbons (Fsp3) is 0.500. The molecule has 0 saturated heterocycles. The molecule has 10 heavy (non-hydrogen) atoms. The number of hydrogen-bond donors (Lipinski definition) is 1. The summed E-state index contributed by atoms with van der Waals surface area (Å²) in [7, 11) is 0. The van der Waals surface area contributed by atoms with Crippen LogP contribution in [0.2, 0.25) is 0 Å². The van der Waals surface area contributed by atoms with Crippen LogP contribution in [0, 0.1) is 0 Å². The van der Waals surface area contributed by atoms with Gasteiger partial charge in [-0.25, -0.2) is 0 Å². The fourth-order valence-electron chi connectivity index (χ4n) is 1.43. The summed E-state index contributed by atoms with van der Waals surface area (Å²) in [6, 6.07) is 4.90. The highest BCUT2D eigenvalue weighted by molar-refractivity contribution is 5.09. The molecule has 0 radical (unpaired) electrons. The van der Waals surface area contributed by atoms with E-state index in [1.165, 1.54) is 5.69 Å². The van der Waals surface area contributed by atoms with Gasteiger partial charge in [-0.05, 0) is 19.1 Å². The summed E-state index contributed by atoms with van der Waals surface area (Å²) in [4.78, 5) is 0. The standard InChI is InChI=1S/C8H12N2/c1-7-6-10-4-2-3-8(10)5-9-7/h2-4,7,9H,5-6H2,1H3. The van der Waals surface area contributed by atoms with Gasteiger partial charge >= 0.3 is 0 Å². The maximum absolute atomic E-state index is 3.40. The smallest absolute Gasteiger partial charge is 0.0374 e. The van der Waals surface area contributed by atoms with Gasteiger partial charge < -0.3 is 9.88 Å². The van der Waals surface area contributed by atoms with Gasteiger partial charge in [0.05, 0.1) is 0 Å². The predicted octanol–water partition coefficient (Wildman–Crippen LogP) is 0.980. The lowest BCUT2D eigenvalue weighted by Gasteiger charge is -2.22. The van der Waals surface area contributed by atoms with E-state index in [1.807, 2.05) is 0 Å². The fourth-order valence-corrected chi connectivity index (χ4v) is 1.43. The topological polar surface area (TPSA) is 17.0 Å². The third-order valence-corrected chi connectivity index (χ3v) is 2.03. The Balaban J connectivity index is 2.30. The molecule has 1 atom stereocenters. The van der Waals surface area contributed by atoms with Gasteiger partial charge in [0.2, 0.25) is 0 Å². The van der Waals surface area contributed by atoms with E-state index in [0.29, 0.717) is 6.04 Å². The molecule has 0 aliphatic carbocycles. The Bertz CT molecular complexity index is 227. The van der Waals surface area contributed by atoms with Gasteiger partial charge in [-0.3, -0.25) is 0 Å². The second-order valence-electron chi connectivity index (χ2n) is 2.93. The molecule has 1 N–H and O–H groups in total. The van der Waals surface area contributed by atoms with Gasteiger partial charge in [-0.15, -0.1) is 0 Å². The van der Waals surface area contributed by atoms with Crippen LogP contribution in [-0.4, -0.2) is 10.6 Å².